The summed E-state index contributed by atoms with van der Waals surface area (Å²) in [5, 5.41) is 10.8. The predicted molar refractivity (Wildman–Crippen MR) is 90.7 cm³/mol. The number of likely N-dealkylation sites (N-methyl/N-ethyl adjacent to an activating group) is 1. The van der Waals surface area contributed by atoms with E-state index in [9.17, 15) is 5.11 Å². The van der Waals surface area contributed by atoms with Gasteiger partial charge in [-0.25, -0.2) is 9.97 Å². The highest BCUT2D eigenvalue weighted by Crippen LogP contribution is 2.16. The molecule has 22 heavy (non-hydrogen) atoms. The number of aromatic nitrogens is 2. The Bertz CT molecular complexity index is 574. The first-order valence-electron chi connectivity index (χ1n) is 7.17. The van der Waals surface area contributed by atoms with Gasteiger partial charge in [0.25, 0.3) is 0 Å². The summed E-state index contributed by atoms with van der Waals surface area (Å²) >= 11 is 1.43. The van der Waals surface area contributed by atoms with E-state index in [1.807, 2.05) is 32.2 Å². The lowest BCUT2D eigenvalue weighted by atomic mass is 10.2. The topological polar surface area (TPSA) is 75.3 Å². The normalized spacial score (nSPS) is 12.5. The Morgan fingerprint density at radius 2 is 2.00 bits per heavy atom. The highest BCUT2D eigenvalue weighted by molar-refractivity contribution is 7.99. The number of benzene rings is 1. The summed E-state index contributed by atoms with van der Waals surface area (Å²) in [6.07, 6.45) is -0.441. The van der Waals surface area contributed by atoms with E-state index in [-0.39, 0.29) is 0 Å². The van der Waals surface area contributed by atoms with Gasteiger partial charge in [0.05, 0.1) is 6.10 Å². The molecule has 0 aliphatic heterocycles. The summed E-state index contributed by atoms with van der Waals surface area (Å²) in [6, 6.07) is 11.9. The van der Waals surface area contributed by atoms with Crippen LogP contribution in [0.4, 0.5) is 5.82 Å². The number of aliphatic hydroxyl groups excluding tert-OH is 1. The fourth-order valence-electron chi connectivity index (χ4n) is 2.17. The molecule has 1 atom stereocenters. The molecule has 0 fully saturated rings. The molecular weight excluding hydrogens is 296 g/mol. The Labute approximate surface area is 135 Å². The van der Waals surface area contributed by atoms with Gasteiger partial charge in [-0.1, -0.05) is 42.1 Å². The minimum atomic E-state index is -0.441. The highest BCUT2D eigenvalue weighted by atomic mass is 32.2. The van der Waals surface area contributed by atoms with Gasteiger partial charge in [-0.3, -0.25) is 4.90 Å². The molecule has 1 aromatic carbocycles. The van der Waals surface area contributed by atoms with Crippen molar-refractivity contribution in [1.29, 1.82) is 0 Å². The van der Waals surface area contributed by atoms with Crippen LogP contribution in [0.2, 0.25) is 0 Å². The van der Waals surface area contributed by atoms with Crippen molar-refractivity contribution in [2.45, 2.75) is 24.7 Å². The van der Waals surface area contributed by atoms with Crippen molar-refractivity contribution in [2.75, 3.05) is 25.1 Å². The summed E-state index contributed by atoms with van der Waals surface area (Å²) in [5.74, 6) is 1.01. The monoisotopic (exact) mass is 318 g/mol. The maximum atomic E-state index is 10.1. The maximum Gasteiger partial charge on any atom is 0.189 e. The van der Waals surface area contributed by atoms with Crippen LogP contribution in [0.1, 0.15) is 11.3 Å². The number of nitrogen functional groups attached to an aromatic ring is 1. The van der Waals surface area contributed by atoms with Crippen LogP contribution in [0.25, 0.3) is 0 Å². The summed E-state index contributed by atoms with van der Waals surface area (Å²) in [7, 11) is 2.00. The van der Waals surface area contributed by atoms with Gasteiger partial charge < -0.3 is 10.8 Å². The molecule has 0 spiro atoms. The maximum absolute atomic E-state index is 10.1. The van der Waals surface area contributed by atoms with Crippen LogP contribution in [0, 0.1) is 6.92 Å². The van der Waals surface area contributed by atoms with Crippen LogP contribution in [0.5, 0.6) is 0 Å². The molecule has 3 N–H and O–H groups in total. The third-order valence-electron chi connectivity index (χ3n) is 3.08. The highest BCUT2D eigenvalue weighted by Gasteiger charge is 2.11. The fourth-order valence-corrected chi connectivity index (χ4v) is 3.00. The second kappa shape index (κ2) is 8.12. The molecule has 0 amide bonds. The Morgan fingerprint density at radius 3 is 2.68 bits per heavy atom. The van der Waals surface area contributed by atoms with Gasteiger partial charge in [0.1, 0.15) is 5.82 Å². The molecule has 118 valence electrons. The zero-order valence-electron chi connectivity index (χ0n) is 12.9. The average Bonchev–Trinajstić information content (AvgIpc) is 2.45. The van der Waals surface area contributed by atoms with Gasteiger partial charge >= 0.3 is 0 Å². The molecule has 0 aliphatic rings. The van der Waals surface area contributed by atoms with Crippen LogP contribution >= 0.6 is 11.8 Å². The van der Waals surface area contributed by atoms with E-state index in [4.69, 9.17) is 5.73 Å². The summed E-state index contributed by atoms with van der Waals surface area (Å²) in [5.41, 5.74) is 7.77. The first-order chi connectivity index (χ1) is 10.5. The molecule has 0 radical (unpaired) electrons. The van der Waals surface area contributed by atoms with Crippen LogP contribution in [-0.4, -0.2) is 45.4 Å². The lowest BCUT2D eigenvalue weighted by molar-refractivity contribution is 0.142. The van der Waals surface area contributed by atoms with Crippen molar-refractivity contribution in [3.63, 3.8) is 0 Å². The van der Waals surface area contributed by atoms with Crippen LogP contribution in [0.3, 0.4) is 0 Å². The molecule has 0 saturated carbocycles. The second-order valence-corrected chi connectivity index (χ2v) is 6.35. The standard InChI is InChI=1S/C16H22N4OS/c1-12-8-15(17)19-16(18-12)22-11-14(21)10-20(2)9-13-6-4-3-5-7-13/h3-8,14,21H,9-11H2,1-2H3,(H2,17,18,19). The summed E-state index contributed by atoms with van der Waals surface area (Å²) in [6.45, 7) is 3.30. The zero-order chi connectivity index (χ0) is 15.9. The molecule has 1 aromatic heterocycles. The number of aliphatic hydroxyl groups is 1. The third-order valence-corrected chi connectivity index (χ3v) is 4.07. The molecule has 2 aromatic rings. The Hall–Kier alpha value is -1.63. The first kappa shape index (κ1) is 16.7. The van der Waals surface area contributed by atoms with Crippen LogP contribution < -0.4 is 5.73 Å². The molecule has 0 bridgehead atoms. The smallest absolute Gasteiger partial charge is 0.189 e. The van der Waals surface area contributed by atoms with E-state index in [1.54, 1.807) is 6.07 Å². The molecule has 6 heteroatoms. The van der Waals surface area contributed by atoms with Gasteiger partial charge in [0.2, 0.25) is 0 Å². The lowest BCUT2D eigenvalue weighted by Crippen LogP contribution is -2.30. The molecular formula is C16H22N4OS. The van der Waals surface area contributed by atoms with Crippen molar-refractivity contribution >= 4 is 17.6 Å². The third kappa shape index (κ3) is 5.63. The lowest BCUT2D eigenvalue weighted by Gasteiger charge is -2.20. The number of hydrogen-bond acceptors (Lipinski definition) is 6. The Morgan fingerprint density at radius 1 is 1.27 bits per heavy atom. The number of anilines is 1. The average molecular weight is 318 g/mol. The van der Waals surface area contributed by atoms with Gasteiger partial charge in [-0.05, 0) is 19.5 Å². The minimum absolute atomic E-state index is 0.441. The molecule has 0 aliphatic carbocycles. The van der Waals surface area contributed by atoms with Gasteiger partial charge in [0.15, 0.2) is 5.16 Å². The van der Waals surface area contributed by atoms with E-state index < -0.39 is 6.10 Å². The van der Waals surface area contributed by atoms with Crippen LogP contribution in [0.15, 0.2) is 41.6 Å². The van der Waals surface area contributed by atoms with Crippen molar-refractivity contribution in [3.05, 3.63) is 47.7 Å². The minimum Gasteiger partial charge on any atom is -0.391 e. The molecule has 1 unspecified atom stereocenters. The fraction of sp³-hybridized carbons (Fsp3) is 0.375. The summed E-state index contributed by atoms with van der Waals surface area (Å²) < 4.78 is 0. The Balaban J connectivity index is 1.78. The van der Waals surface area contributed by atoms with E-state index in [2.05, 4.69) is 27.0 Å². The Kier molecular flexibility index (Phi) is 6.18. The first-order valence-corrected chi connectivity index (χ1v) is 8.16. The van der Waals surface area contributed by atoms with Crippen molar-refractivity contribution < 1.29 is 5.11 Å². The predicted octanol–water partition coefficient (Wildman–Crippen LogP) is 1.95. The van der Waals surface area contributed by atoms with E-state index in [1.165, 1.54) is 17.3 Å². The van der Waals surface area contributed by atoms with E-state index >= 15 is 0 Å². The molecule has 1 heterocycles. The number of hydrogen-bond donors (Lipinski definition) is 2. The quantitative estimate of drug-likeness (QED) is 0.600. The van der Waals surface area contributed by atoms with Crippen LogP contribution in [-0.2, 0) is 6.54 Å². The molecule has 0 saturated heterocycles. The van der Waals surface area contributed by atoms with Crippen molar-refractivity contribution in [1.82, 2.24) is 14.9 Å². The van der Waals surface area contributed by atoms with E-state index in [0.717, 1.165) is 12.2 Å². The SMILES string of the molecule is Cc1cc(N)nc(SCC(O)CN(C)Cc2ccccc2)n1. The number of nitrogens with two attached hydrogens (primary N) is 1. The second-order valence-electron chi connectivity index (χ2n) is 5.36. The van der Waals surface area contributed by atoms with Gasteiger partial charge in [-0.15, -0.1) is 0 Å². The zero-order valence-corrected chi connectivity index (χ0v) is 13.8. The molecule has 2 rings (SSSR count). The van der Waals surface area contributed by atoms with Crippen molar-refractivity contribution in [2.24, 2.45) is 0 Å². The number of thioether (sulfide) groups is 1. The van der Waals surface area contributed by atoms with Gasteiger partial charge in [0, 0.05) is 30.6 Å². The number of nitrogens with zero attached hydrogens (tertiary/aromatic N) is 3. The largest absolute Gasteiger partial charge is 0.391 e. The van der Waals surface area contributed by atoms with E-state index in [0.29, 0.717) is 23.3 Å². The van der Waals surface area contributed by atoms with Crippen molar-refractivity contribution in [3.8, 4) is 0 Å². The summed E-state index contributed by atoms with van der Waals surface area (Å²) in [4.78, 5) is 10.6. The van der Waals surface area contributed by atoms with Gasteiger partial charge in [-0.2, -0.15) is 0 Å². The number of rotatable bonds is 7. The number of aryl methyl sites for hydroxylation is 1. The molecule has 5 nitrogen and oxygen atoms in total.